The molecule has 1 aromatic carbocycles. The first kappa shape index (κ1) is 20.2. The van der Waals surface area contributed by atoms with E-state index in [1.807, 2.05) is 18.2 Å². The summed E-state index contributed by atoms with van der Waals surface area (Å²) >= 11 is 0. The molecule has 0 spiro atoms. The molecule has 0 saturated heterocycles. The van der Waals surface area contributed by atoms with Crippen molar-refractivity contribution in [3.8, 4) is 5.75 Å². The molecule has 8 nitrogen and oxygen atoms in total. The maximum Gasteiger partial charge on any atom is 0.267 e. The Bertz CT molecular complexity index is 1040. The van der Waals surface area contributed by atoms with Gasteiger partial charge in [-0.05, 0) is 50.3 Å². The standard InChI is InChI=1S/C23H28N4O4/c1-14(15-2-7-21-20(10-15)25-22(28)13-31-21)24-17-3-5-18(6-4-17)27-23(29)11-16-12-30-9-8-19(16)26-27/h2,7,10-11,14,17-18,24H,3-6,8-9,12-13H2,1H3,(H,25,28). The zero-order valence-corrected chi connectivity index (χ0v) is 17.7. The molecule has 0 radical (unpaired) electrons. The van der Waals surface area contributed by atoms with Gasteiger partial charge in [-0.2, -0.15) is 5.10 Å². The van der Waals surface area contributed by atoms with Crippen molar-refractivity contribution in [3.63, 3.8) is 0 Å². The third-order valence-electron chi connectivity index (χ3n) is 6.53. The number of rotatable bonds is 4. The zero-order valence-electron chi connectivity index (χ0n) is 17.7. The van der Waals surface area contributed by atoms with Crippen molar-refractivity contribution >= 4 is 11.6 Å². The second-order valence-electron chi connectivity index (χ2n) is 8.69. The number of nitrogens with zero attached hydrogens (tertiary/aromatic N) is 2. The van der Waals surface area contributed by atoms with E-state index in [0.29, 0.717) is 25.0 Å². The molecule has 1 fully saturated rings. The van der Waals surface area contributed by atoms with E-state index < -0.39 is 0 Å². The molecule has 1 atom stereocenters. The predicted molar refractivity (Wildman–Crippen MR) is 115 cm³/mol. The quantitative estimate of drug-likeness (QED) is 0.783. The van der Waals surface area contributed by atoms with Crippen LogP contribution in [0, 0.1) is 0 Å². The lowest BCUT2D eigenvalue weighted by molar-refractivity contribution is -0.118. The minimum atomic E-state index is -0.123. The molecule has 5 rings (SSSR count). The molecule has 31 heavy (non-hydrogen) atoms. The first-order valence-electron chi connectivity index (χ1n) is 11.1. The number of aromatic nitrogens is 2. The minimum Gasteiger partial charge on any atom is -0.482 e. The van der Waals surface area contributed by atoms with Crippen molar-refractivity contribution in [2.45, 2.75) is 63.8 Å². The molecule has 3 aliphatic rings. The monoisotopic (exact) mass is 424 g/mol. The lowest BCUT2D eigenvalue weighted by Gasteiger charge is -2.32. The third kappa shape index (κ3) is 4.22. The Morgan fingerprint density at radius 3 is 2.84 bits per heavy atom. The summed E-state index contributed by atoms with van der Waals surface area (Å²) in [6.07, 6.45) is 4.62. The average molecular weight is 425 g/mol. The molecule has 164 valence electrons. The van der Waals surface area contributed by atoms with Gasteiger partial charge in [-0.15, -0.1) is 0 Å². The third-order valence-corrected chi connectivity index (χ3v) is 6.53. The van der Waals surface area contributed by atoms with Gasteiger partial charge in [0.2, 0.25) is 0 Å². The van der Waals surface area contributed by atoms with E-state index >= 15 is 0 Å². The number of hydrogen-bond donors (Lipinski definition) is 2. The number of fused-ring (bicyclic) bond motifs is 2. The van der Waals surface area contributed by atoms with E-state index in [4.69, 9.17) is 9.47 Å². The Hall–Kier alpha value is -2.71. The van der Waals surface area contributed by atoms with Gasteiger partial charge in [0, 0.05) is 30.1 Å². The van der Waals surface area contributed by atoms with Crippen LogP contribution < -0.4 is 20.9 Å². The Morgan fingerprint density at radius 2 is 2.00 bits per heavy atom. The van der Waals surface area contributed by atoms with E-state index in [0.717, 1.165) is 54.6 Å². The van der Waals surface area contributed by atoms with Crippen LogP contribution in [0.15, 0.2) is 29.1 Å². The Morgan fingerprint density at radius 1 is 1.16 bits per heavy atom. The summed E-state index contributed by atoms with van der Waals surface area (Å²) in [5.74, 6) is 0.591. The Balaban J connectivity index is 1.21. The number of carbonyl (C=O) groups is 1. The molecule has 8 heteroatoms. The average Bonchev–Trinajstić information content (AvgIpc) is 2.78. The van der Waals surface area contributed by atoms with Crippen LogP contribution in [0.25, 0.3) is 0 Å². The van der Waals surface area contributed by atoms with Gasteiger partial charge in [-0.25, -0.2) is 4.68 Å². The molecule has 1 amide bonds. The van der Waals surface area contributed by atoms with E-state index in [9.17, 15) is 9.59 Å². The summed E-state index contributed by atoms with van der Waals surface area (Å²) in [5.41, 5.74) is 3.76. The molecule has 2 N–H and O–H groups in total. The number of hydrogen-bond acceptors (Lipinski definition) is 6. The van der Waals surface area contributed by atoms with Gasteiger partial charge in [0.1, 0.15) is 5.75 Å². The lowest BCUT2D eigenvalue weighted by Crippen LogP contribution is -2.38. The summed E-state index contributed by atoms with van der Waals surface area (Å²) in [5, 5.41) is 11.3. The van der Waals surface area contributed by atoms with Crippen molar-refractivity contribution in [3.05, 3.63) is 51.4 Å². The van der Waals surface area contributed by atoms with E-state index in [1.165, 1.54) is 0 Å². The number of benzene rings is 1. The van der Waals surface area contributed by atoms with E-state index in [2.05, 4.69) is 22.7 Å². The largest absolute Gasteiger partial charge is 0.482 e. The van der Waals surface area contributed by atoms with E-state index in [1.54, 1.807) is 10.7 Å². The van der Waals surface area contributed by atoms with Gasteiger partial charge in [0.05, 0.1) is 30.6 Å². The van der Waals surface area contributed by atoms with Crippen LogP contribution in [0.2, 0.25) is 0 Å². The van der Waals surface area contributed by atoms with Crippen molar-refractivity contribution in [2.24, 2.45) is 0 Å². The van der Waals surface area contributed by atoms with Crippen LogP contribution in [0.3, 0.4) is 0 Å². The Labute approximate surface area is 180 Å². The molecule has 1 aromatic heterocycles. The topological polar surface area (TPSA) is 94.5 Å². The summed E-state index contributed by atoms with van der Waals surface area (Å²) in [6.45, 7) is 3.37. The van der Waals surface area contributed by atoms with Crippen LogP contribution in [0.5, 0.6) is 5.75 Å². The van der Waals surface area contributed by atoms with Crippen molar-refractivity contribution < 1.29 is 14.3 Å². The smallest absolute Gasteiger partial charge is 0.267 e. The van der Waals surface area contributed by atoms with Gasteiger partial charge in [0.25, 0.3) is 11.5 Å². The normalized spacial score (nSPS) is 23.8. The van der Waals surface area contributed by atoms with Crippen LogP contribution in [-0.2, 0) is 22.6 Å². The summed E-state index contributed by atoms with van der Waals surface area (Å²) < 4.78 is 12.6. The maximum absolute atomic E-state index is 12.6. The number of anilines is 1. The van der Waals surface area contributed by atoms with Crippen LogP contribution in [0.4, 0.5) is 5.69 Å². The van der Waals surface area contributed by atoms with Gasteiger partial charge in [0.15, 0.2) is 6.61 Å². The molecular formula is C23H28N4O4. The van der Waals surface area contributed by atoms with Crippen molar-refractivity contribution in [2.75, 3.05) is 18.5 Å². The van der Waals surface area contributed by atoms with Gasteiger partial charge < -0.3 is 20.1 Å². The molecule has 2 aliphatic heterocycles. The summed E-state index contributed by atoms with van der Waals surface area (Å²) in [7, 11) is 0. The molecule has 2 aromatic rings. The number of carbonyl (C=O) groups excluding carboxylic acids is 1. The lowest BCUT2D eigenvalue weighted by atomic mass is 9.90. The highest BCUT2D eigenvalue weighted by Crippen LogP contribution is 2.32. The predicted octanol–water partition coefficient (Wildman–Crippen LogP) is 2.48. The fraction of sp³-hybridized carbons (Fsp3) is 0.522. The van der Waals surface area contributed by atoms with Gasteiger partial charge in [-0.1, -0.05) is 6.07 Å². The van der Waals surface area contributed by atoms with Gasteiger partial charge in [-0.3, -0.25) is 9.59 Å². The fourth-order valence-corrected chi connectivity index (χ4v) is 4.80. The highest BCUT2D eigenvalue weighted by atomic mass is 16.5. The highest BCUT2D eigenvalue weighted by molar-refractivity contribution is 5.95. The molecule has 3 heterocycles. The highest BCUT2D eigenvalue weighted by Gasteiger charge is 2.26. The summed E-state index contributed by atoms with van der Waals surface area (Å²) in [4.78, 5) is 24.2. The SMILES string of the molecule is CC(NC1CCC(n2nc3c(cc2=O)COCC3)CC1)c1ccc2c(c1)NC(=O)CO2. The number of nitrogens with one attached hydrogen (secondary N) is 2. The molecule has 1 aliphatic carbocycles. The van der Waals surface area contributed by atoms with Crippen LogP contribution >= 0.6 is 0 Å². The first-order valence-corrected chi connectivity index (χ1v) is 11.1. The molecule has 0 bridgehead atoms. The number of amides is 1. The first-order chi connectivity index (χ1) is 15.1. The maximum atomic E-state index is 12.6. The second-order valence-corrected chi connectivity index (χ2v) is 8.69. The van der Waals surface area contributed by atoms with Crippen molar-refractivity contribution in [1.82, 2.24) is 15.1 Å². The van der Waals surface area contributed by atoms with Crippen LogP contribution in [0.1, 0.15) is 61.5 Å². The van der Waals surface area contributed by atoms with E-state index in [-0.39, 0.29) is 30.2 Å². The van der Waals surface area contributed by atoms with Gasteiger partial charge >= 0.3 is 0 Å². The minimum absolute atomic E-state index is 0.0210. The molecular weight excluding hydrogens is 396 g/mol. The number of ether oxygens (including phenoxy) is 2. The Kier molecular flexibility index (Phi) is 5.50. The fourth-order valence-electron chi connectivity index (χ4n) is 4.80. The molecule has 1 unspecified atom stereocenters. The molecule has 1 saturated carbocycles. The second kappa shape index (κ2) is 8.43. The summed E-state index contributed by atoms with van der Waals surface area (Å²) in [6, 6.07) is 8.33. The van der Waals surface area contributed by atoms with Crippen LogP contribution in [-0.4, -0.2) is 34.9 Å². The zero-order chi connectivity index (χ0) is 21.4. The van der Waals surface area contributed by atoms with Crippen molar-refractivity contribution in [1.29, 1.82) is 0 Å².